The van der Waals surface area contributed by atoms with Crippen LogP contribution in [-0.2, 0) is 4.79 Å². The molecule has 0 unspecified atom stereocenters. The van der Waals surface area contributed by atoms with Crippen LogP contribution in [0.4, 0.5) is 8.78 Å². The van der Waals surface area contributed by atoms with E-state index in [1.165, 1.54) is 32.4 Å². The zero-order valence-corrected chi connectivity index (χ0v) is 15.0. The van der Waals surface area contributed by atoms with E-state index in [0.717, 1.165) is 12.1 Å². The van der Waals surface area contributed by atoms with Crippen molar-refractivity contribution in [3.05, 3.63) is 59.2 Å². The number of halogens is 2. The number of hydrazine groups is 1. The average molecular weight is 393 g/mol. The first-order chi connectivity index (χ1) is 13.3. The number of hydrogen-bond donors (Lipinski definition) is 3. The highest BCUT2D eigenvalue weighted by atomic mass is 19.1. The van der Waals surface area contributed by atoms with Gasteiger partial charge in [-0.15, -0.1) is 0 Å². The Morgan fingerprint density at radius 3 is 2.25 bits per heavy atom. The zero-order chi connectivity index (χ0) is 20.7. The van der Waals surface area contributed by atoms with Gasteiger partial charge < -0.3 is 14.8 Å². The largest absolute Gasteiger partial charge is 0.493 e. The van der Waals surface area contributed by atoms with E-state index in [4.69, 9.17) is 9.47 Å². The lowest BCUT2D eigenvalue weighted by Gasteiger charge is -2.11. The maximum atomic E-state index is 13.5. The summed E-state index contributed by atoms with van der Waals surface area (Å²) >= 11 is 0. The summed E-state index contributed by atoms with van der Waals surface area (Å²) in [4.78, 5) is 35.6. The van der Waals surface area contributed by atoms with Crippen molar-refractivity contribution in [3.8, 4) is 11.5 Å². The molecule has 0 heterocycles. The summed E-state index contributed by atoms with van der Waals surface area (Å²) in [6, 6.07) is 6.82. The minimum Gasteiger partial charge on any atom is -0.493 e. The van der Waals surface area contributed by atoms with Gasteiger partial charge in [0.1, 0.15) is 11.6 Å². The lowest BCUT2D eigenvalue weighted by molar-refractivity contribution is -0.120. The van der Waals surface area contributed by atoms with Gasteiger partial charge >= 0.3 is 0 Å². The van der Waals surface area contributed by atoms with E-state index in [9.17, 15) is 23.2 Å². The molecular formula is C18H17F2N3O5. The quantitative estimate of drug-likeness (QED) is 0.639. The molecule has 0 aliphatic carbocycles. The van der Waals surface area contributed by atoms with Crippen LogP contribution in [0.2, 0.25) is 0 Å². The maximum Gasteiger partial charge on any atom is 0.269 e. The van der Waals surface area contributed by atoms with Gasteiger partial charge in [0.05, 0.1) is 26.3 Å². The Hall–Kier alpha value is -3.69. The average Bonchev–Trinajstić information content (AvgIpc) is 2.69. The Kier molecular flexibility index (Phi) is 6.85. The molecule has 2 aromatic rings. The number of methoxy groups -OCH3 is 2. The van der Waals surface area contributed by atoms with Crippen molar-refractivity contribution in [2.24, 2.45) is 0 Å². The molecule has 0 saturated heterocycles. The van der Waals surface area contributed by atoms with E-state index in [1.54, 1.807) is 0 Å². The number of amides is 3. The van der Waals surface area contributed by atoms with E-state index in [1.807, 2.05) is 0 Å². The van der Waals surface area contributed by atoms with E-state index in [2.05, 4.69) is 16.2 Å². The molecule has 3 amide bonds. The number of carbonyl (C=O) groups is 3. The third-order valence-corrected chi connectivity index (χ3v) is 3.55. The normalized spacial score (nSPS) is 10.0. The van der Waals surface area contributed by atoms with Crippen LogP contribution in [0.1, 0.15) is 20.7 Å². The first-order valence-electron chi connectivity index (χ1n) is 7.90. The molecule has 2 aromatic carbocycles. The number of nitrogens with one attached hydrogen (secondary N) is 3. The summed E-state index contributed by atoms with van der Waals surface area (Å²) in [5, 5.41) is 2.15. The number of carbonyl (C=O) groups excluding carboxylic acids is 3. The van der Waals surface area contributed by atoms with Gasteiger partial charge in [0.2, 0.25) is 0 Å². The number of benzene rings is 2. The van der Waals surface area contributed by atoms with E-state index < -0.39 is 41.5 Å². The Morgan fingerprint density at radius 1 is 0.893 bits per heavy atom. The summed E-state index contributed by atoms with van der Waals surface area (Å²) in [6.07, 6.45) is 0. The Morgan fingerprint density at radius 2 is 1.61 bits per heavy atom. The second kappa shape index (κ2) is 9.31. The van der Waals surface area contributed by atoms with E-state index in [0.29, 0.717) is 17.6 Å². The highest BCUT2D eigenvalue weighted by molar-refractivity contribution is 5.98. The van der Waals surface area contributed by atoms with Gasteiger partial charge in [-0.05, 0) is 30.3 Å². The molecule has 0 fully saturated rings. The van der Waals surface area contributed by atoms with Crippen molar-refractivity contribution in [1.29, 1.82) is 0 Å². The molecule has 8 nitrogen and oxygen atoms in total. The van der Waals surface area contributed by atoms with E-state index >= 15 is 0 Å². The van der Waals surface area contributed by atoms with Crippen molar-refractivity contribution in [1.82, 2.24) is 16.2 Å². The smallest absolute Gasteiger partial charge is 0.269 e. The van der Waals surface area contributed by atoms with Crippen molar-refractivity contribution < 1.29 is 32.6 Å². The fourth-order valence-electron chi connectivity index (χ4n) is 2.15. The minimum atomic E-state index is -1.06. The molecule has 148 valence electrons. The summed E-state index contributed by atoms with van der Waals surface area (Å²) in [5.74, 6) is -3.42. The Balaban J connectivity index is 1.86. The second-order valence-electron chi connectivity index (χ2n) is 5.38. The number of rotatable bonds is 6. The molecule has 28 heavy (non-hydrogen) atoms. The van der Waals surface area contributed by atoms with Crippen molar-refractivity contribution in [2.45, 2.75) is 0 Å². The molecule has 0 radical (unpaired) electrons. The standard InChI is InChI=1S/C18H17F2N3O5/c1-27-14-6-3-10(7-15(14)28-2)17(25)23-22-16(24)9-21-18(26)12-5-4-11(19)8-13(12)20/h3-8H,9H2,1-2H3,(H,21,26)(H,22,24)(H,23,25). The van der Waals surface area contributed by atoms with Gasteiger partial charge in [0.25, 0.3) is 17.7 Å². The third-order valence-electron chi connectivity index (χ3n) is 3.55. The molecule has 0 spiro atoms. The molecule has 2 rings (SSSR count). The summed E-state index contributed by atoms with van der Waals surface area (Å²) in [6.45, 7) is -0.540. The predicted molar refractivity (Wildman–Crippen MR) is 93.8 cm³/mol. The molecule has 0 aromatic heterocycles. The minimum absolute atomic E-state index is 0.190. The third kappa shape index (κ3) is 5.16. The fourth-order valence-corrected chi connectivity index (χ4v) is 2.15. The Labute approximate surface area is 158 Å². The Bertz CT molecular complexity index is 905. The molecule has 0 atom stereocenters. The molecular weight excluding hydrogens is 376 g/mol. The molecule has 0 saturated carbocycles. The molecule has 0 bridgehead atoms. The molecule has 3 N–H and O–H groups in total. The van der Waals surface area contributed by atoms with Crippen molar-refractivity contribution >= 4 is 17.7 Å². The SMILES string of the molecule is COc1ccc(C(=O)NNC(=O)CNC(=O)c2ccc(F)cc2F)cc1OC. The molecule has 0 aliphatic rings. The van der Waals surface area contributed by atoms with Crippen LogP contribution in [0.15, 0.2) is 36.4 Å². The van der Waals surface area contributed by atoms with Gasteiger partial charge in [-0.25, -0.2) is 8.78 Å². The zero-order valence-electron chi connectivity index (χ0n) is 15.0. The van der Waals surface area contributed by atoms with Gasteiger partial charge in [-0.3, -0.25) is 25.2 Å². The number of ether oxygens (including phenoxy) is 2. The second-order valence-corrected chi connectivity index (χ2v) is 5.38. The number of hydrogen-bond acceptors (Lipinski definition) is 5. The lowest BCUT2D eigenvalue weighted by atomic mass is 10.2. The molecule has 10 heteroatoms. The first kappa shape index (κ1) is 20.6. The maximum absolute atomic E-state index is 13.5. The monoisotopic (exact) mass is 393 g/mol. The van der Waals surface area contributed by atoms with Crippen molar-refractivity contribution in [3.63, 3.8) is 0 Å². The fraction of sp³-hybridized carbons (Fsp3) is 0.167. The van der Waals surface area contributed by atoms with Crippen LogP contribution in [-0.4, -0.2) is 38.5 Å². The summed E-state index contributed by atoms with van der Waals surface area (Å²) in [5.41, 5.74) is 4.04. The van der Waals surface area contributed by atoms with Gasteiger partial charge in [-0.2, -0.15) is 0 Å². The lowest BCUT2D eigenvalue weighted by Crippen LogP contribution is -2.46. The van der Waals surface area contributed by atoms with Crippen LogP contribution >= 0.6 is 0 Å². The first-order valence-corrected chi connectivity index (χ1v) is 7.90. The highest BCUT2D eigenvalue weighted by Crippen LogP contribution is 2.27. The van der Waals surface area contributed by atoms with E-state index in [-0.39, 0.29) is 5.56 Å². The van der Waals surface area contributed by atoms with Crippen molar-refractivity contribution in [2.75, 3.05) is 20.8 Å². The van der Waals surface area contributed by atoms with Crippen LogP contribution in [0.3, 0.4) is 0 Å². The van der Waals surface area contributed by atoms with Gasteiger partial charge in [0, 0.05) is 11.6 Å². The van der Waals surface area contributed by atoms with Crippen LogP contribution in [0, 0.1) is 11.6 Å². The predicted octanol–water partition coefficient (Wildman–Crippen LogP) is 1.17. The van der Waals surface area contributed by atoms with Crippen LogP contribution in [0.25, 0.3) is 0 Å². The van der Waals surface area contributed by atoms with Crippen LogP contribution < -0.4 is 25.6 Å². The summed E-state index contributed by atoms with van der Waals surface area (Å²) < 4.78 is 36.5. The van der Waals surface area contributed by atoms with Gasteiger partial charge in [-0.1, -0.05) is 0 Å². The molecule has 0 aliphatic heterocycles. The van der Waals surface area contributed by atoms with Gasteiger partial charge in [0.15, 0.2) is 11.5 Å². The highest BCUT2D eigenvalue weighted by Gasteiger charge is 2.15. The van der Waals surface area contributed by atoms with Crippen LogP contribution in [0.5, 0.6) is 11.5 Å². The summed E-state index contributed by atoms with van der Waals surface area (Å²) in [7, 11) is 2.86. The topological polar surface area (TPSA) is 106 Å².